The Labute approximate surface area is 155 Å². The van der Waals surface area contributed by atoms with Gasteiger partial charge < -0.3 is 10.1 Å². The minimum Gasteiger partial charge on any atom is -0.456 e. The summed E-state index contributed by atoms with van der Waals surface area (Å²) in [6.45, 7) is 4.07. The van der Waals surface area contributed by atoms with Gasteiger partial charge in [-0.3, -0.25) is 4.79 Å². The fraction of sp³-hybridized carbons (Fsp3) is 0.368. The van der Waals surface area contributed by atoms with E-state index >= 15 is 0 Å². The number of esters is 1. The van der Waals surface area contributed by atoms with Gasteiger partial charge in [-0.05, 0) is 24.5 Å². The number of rotatable bonds is 1. The normalized spacial score (nSPS) is 24.7. The Balaban J connectivity index is 1.96. The van der Waals surface area contributed by atoms with Gasteiger partial charge in [-0.25, -0.2) is 4.79 Å². The van der Waals surface area contributed by atoms with Crippen LogP contribution in [0.3, 0.4) is 0 Å². The summed E-state index contributed by atoms with van der Waals surface area (Å²) in [5.41, 5.74) is 2.84. The summed E-state index contributed by atoms with van der Waals surface area (Å²) in [6, 6.07) is 5.29. The molecule has 130 valence electrons. The fourth-order valence-corrected chi connectivity index (χ4v) is 4.23. The Kier molecular flexibility index (Phi) is 3.74. The van der Waals surface area contributed by atoms with E-state index in [-0.39, 0.29) is 12.4 Å². The molecule has 0 fully saturated rings. The number of hydrogen-bond donors (Lipinski definition) is 1. The molecule has 1 aliphatic carbocycles. The van der Waals surface area contributed by atoms with E-state index in [1.165, 1.54) is 0 Å². The highest BCUT2D eigenvalue weighted by Gasteiger charge is 2.47. The maximum Gasteiger partial charge on any atom is 0.337 e. The van der Waals surface area contributed by atoms with Crippen molar-refractivity contribution >= 4 is 35.0 Å². The first kappa shape index (κ1) is 16.7. The van der Waals surface area contributed by atoms with E-state index in [0.717, 1.165) is 24.2 Å². The van der Waals surface area contributed by atoms with Crippen molar-refractivity contribution in [2.75, 3.05) is 6.61 Å². The molecule has 0 bridgehead atoms. The van der Waals surface area contributed by atoms with Gasteiger partial charge in [-0.15, -0.1) is 0 Å². The molecular weight excluding hydrogens is 361 g/mol. The number of carbonyl (C=O) groups excluding carboxylic acids is 2. The highest BCUT2D eigenvalue weighted by Crippen LogP contribution is 2.50. The molecule has 1 N–H and O–H groups in total. The molecule has 2 heterocycles. The number of Topliss-reactive ketones (excluding diaryl/α,β-unsaturated/α-hetero) is 1. The summed E-state index contributed by atoms with van der Waals surface area (Å²) in [4.78, 5) is 25.6. The van der Waals surface area contributed by atoms with Gasteiger partial charge in [0.25, 0.3) is 0 Å². The standard InChI is InChI=1S/C19H17Cl2NO3/c1-19(2)7-6-11-14(17(19)23)13(9-4-3-5-10(20)16(9)21)15-12(22-11)8-25-18(15)24/h3-5,13,22H,6-8H2,1-2H3. The molecule has 1 atom stereocenters. The molecule has 0 radical (unpaired) electrons. The Morgan fingerprint density at radius 1 is 1.16 bits per heavy atom. The van der Waals surface area contributed by atoms with Crippen LogP contribution in [-0.2, 0) is 14.3 Å². The third kappa shape index (κ3) is 2.42. The number of hydrogen-bond acceptors (Lipinski definition) is 4. The maximum atomic E-state index is 13.2. The molecule has 4 rings (SSSR count). The number of allylic oxidation sites excluding steroid dienone is 2. The van der Waals surface area contributed by atoms with Crippen LogP contribution in [0.4, 0.5) is 0 Å². The predicted molar refractivity (Wildman–Crippen MR) is 95.4 cm³/mol. The van der Waals surface area contributed by atoms with E-state index in [9.17, 15) is 9.59 Å². The van der Waals surface area contributed by atoms with Crippen LogP contribution in [0.25, 0.3) is 0 Å². The number of benzene rings is 1. The van der Waals surface area contributed by atoms with Gasteiger partial charge in [0.15, 0.2) is 5.78 Å². The number of ketones is 1. The second-order valence-electron chi connectivity index (χ2n) is 7.27. The van der Waals surface area contributed by atoms with Crippen molar-refractivity contribution in [1.82, 2.24) is 5.32 Å². The smallest absolute Gasteiger partial charge is 0.337 e. The first-order valence-corrected chi connectivity index (χ1v) is 8.96. The molecular formula is C19H17Cl2NO3. The summed E-state index contributed by atoms with van der Waals surface area (Å²) in [5.74, 6) is -0.917. The first-order chi connectivity index (χ1) is 11.8. The van der Waals surface area contributed by atoms with Crippen molar-refractivity contribution in [3.05, 3.63) is 56.3 Å². The molecule has 2 aliphatic heterocycles. The zero-order valence-corrected chi connectivity index (χ0v) is 15.4. The molecule has 0 spiro atoms. The number of nitrogens with one attached hydrogen (secondary N) is 1. The molecule has 0 saturated heterocycles. The quantitative estimate of drug-likeness (QED) is 0.747. The van der Waals surface area contributed by atoms with Gasteiger partial charge in [-0.1, -0.05) is 49.2 Å². The van der Waals surface area contributed by atoms with Crippen LogP contribution in [-0.4, -0.2) is 18.4 Å². The SMILES string of the molecule is CC1(C)CCC2=C(C1=O)C(c1cccc(Cl)c1Cl)C1=C(COC1=O)N2. The number of carbonyl (C=O) groups is 2. The molecule has 1 unspecified atom stereocenters. The van der Waals surface area contributed by atoms with E-state index in [0.29, 0.717) is 26.8 Å². The summed E-state index contributed by atoms with van der Waals surface area (Å²) < 4.78 is 5.23. The van der Waals surface area contributed by atoms with Gasteiger partial charge in [0, 0.05) is 22.6 Å². The van der Waals surface area contributed by atoms with Crippen molar-refractivity contribution in [1.29, 1.82) is 0 Å². The molecule has 3 aliphatic rings. The van der Waals surface area contributed by atoms with Crippen LogP contribution < -0.4 is 5.32 Å². The largest absolute Gasteiger partial charge is 0.456 e. The van der Waals surface area contributed by atoms with Gasteiger partial charge in [-0.2, -0.15) is 0 Å². The fourth-order valence-electron chi connectivity index (χ4n) is 3.82. The van der Waals surface area contributed by atoms with Crippen LogP contribution in [0.1, 0.15) is 38.2 Å². The van der Waals surface area contributed by atoms with Crippen molar-refractivity contribution in [2.45, 2.75) is 32.6 Å². The lowest BCUT2D eigenvalue weighted by atomic mass is 9.67. The van der Waals surface area contributed by atoms with Crippen LogP contribution in [0, 0.1) is 5.41 Å². The van der Waals surface area contributed by atoms with Crippen molar-refractivity contribution < 1.29 is 14.3 Å². The highest BCUT2D eigenvalue weighted by molar-refractivity contribution is 6.42. The summed E-state index contributed by atoms with van der Waals surface area (Å²) in [6.07, 6.45) is 1.50. The minimum absolute atomic E-state index is 0.0357. The van der Waals surface area contributed by atoms with Gasteiger partial charge >= 0.3 is 5.97 Å². The zero-order chi connectivity index (χ0) is 17.9. The van der Waals surface area contributed by atoms with Gasteiger partial charge in [0.05, 0.1) is 21.3 Å². The topological polar surface area (TPSA) is 55.4 Å². The number of ether oxygens (including phenoxy) is 1. The zero-order valence-electron chi connectivity index (χ0n) is 13.9. The second kappa shape index (κ2) is 5.61. The van der Waals surface area contributed by atoms with Crippen molar-refractivity contribution in [2.24, 2.45) is 5.41 Å². The number of cyclic esters (lactones) is 1. The van der Waals surface area contributed by atoms with E-state index in [2.05, 4.69) is 5.32 Å². The average Bonchev–Trinajstić information content (AvgIpc) is 2.94. The molecule has 25 heavy (non-hydrogen) atoms. The van der Waals surface area contributed by atoms with E-state index < -0.39 is 17.3 Å². The molecule has 0 amide bonds. The summed E-state index contributed by atoms with van der Waals surface area (Å²) in [5, 5.41) is 4.03. The molecule has 1 aromatic carbocycles. The summed E-state index contributed by atoms with van der Waals surface area (Å²) >= 11 is 12.7. The minimum atomic E-state index is -0.542. The van der Waals surface area contributed by atoms with Crippen LogP contribution in [0.5, 0.6) is 0 Å². The highest BCUT2D eigenvalue weighted by atomic mass is 35.5. The monoisotopic (exact) mass is 377 g/mol. The molecule has 1 aromatic rings. The average molecular weight is 378 g/mol. The lowest BCUT2D eigenvalue weighted by Crippen LogP contribution is -2.39. The van der Waals surface area contributed by atoms with Gasteiger partial charge in [0.2, 0.25) is 0 Å². The molecule has 4 nitrogen and oxygen atoms in total. The third-order valence-corrected chi connectivity index (χ3v) is 6.08. The van der Waals surface area contributed by atoms with Crippen LogP contribution in [0.15, 0.2) is 40.7 Å². The Hall–Kier alpha value is -1.78. The summed E-state index contributed by atoms with van der Waals surface area (Å²) in [7, 11) is 0. The number of halogens is 2. The Morgan fingerprint density at radius 2 is 1.92 bits per heavy atom. The predicted octanol–water partition coefficient (Wildman–Crippen LogP) is 4.13. The van der Waals surface area contributed by atoms with Crippen molar-refractivity contribution in [3.8, 4) is 0 Å². The van der Waals surface area contributed by atoms with E-state index in [4.69, 9.17) is 27.9 Å². The molecule has 6 heteroatoms. The van der Waals surface area contributed by atoms with Gasteiger partial charge in [0.1, 0.15) is 6.61 Å². The lowest BCUT2D eigenvalue weighted by molar-refractivity contribution is -0.136. The van der Waals surface area contributed by atoms with E-state index in [1.807, 2.05) is 19.9 Å². The number of dihydropyridines is 1. The lowest BCUT2D eigenvalue weighted by Gasteiger charge is -2.38. The maximum absolute atomic E-state index is 13.2. The Bertz CT molecular complexity index is 883. The molecule has 0 saturated carbocycles. The van der Waals surface area contributed by atoms with E-state index in [1.54, 1.807) is 12.1 Å². The first-order valence-electron chi connectivity index (χ1n) is 8.20. The van der Waals surface area contributed by atoms with Crippen molar-refractivity contribution in [3.63, 3.8) is 0 Å². The van der Waals surface area contributed by atoms with Crippen LogP contribution in [0.2, 0.25) is 10.0 Å². The molecule has 0 aromatic heterocycles. The third-order valence-electron chi connectivity index (χ3n) is 5.25. The Morgan fingerprint density at radius 3 is 2.68 bits per heavy atom. The van der Waals surface area contributed by atoms with Crippen LogP contribution >= 0.6 is 23.2 Å². The second-order valence-corrected chi connectivity index (χ2v) is 8.06.